The molecule has 2 bridgehead atoms. The predicted molar refractivity (Wildman–Crippen MR) is 89.4 cm³/mol. The molecule has 0 amide bonds. The van der Waals surface area contributed by atoms with E-state index in [1.807, 2.05) is 6.92 Å². The van der Waals surface area contributed by atoms with E-state index in [0.29, 0.717) is 11.8 Å². The smallest absolute Gasteiger partial charge is 0.309 e. The van der Waals surface area contributed by atoms with Gasteiger partial charge in [0, 0.05) is 0 Å². The van der Waals surface area contributed by atoms with E-state index in [-0.39, 0.29) is 22.7 Å². The van der Waals surface area contributed by atoms with E-state index >= 15 is 0 Å². The van der Waals surface area contributed by atoms with Crippen LogP contribution in [0.25, 0.3) is 0 Å². The molecule has 0 aromatic rings. The van der Waals surface area contributed by atoms with Crippen molar-refractivity contribution in [3.63, 3.8) is 0 Å². The average molecular weight is 334 g/mol. The predicted octanol–water partition coefficient (Wildman–Crippen LogP) is 4.18. The van der Waals surface area contributed by atoms with Gasteiger partial charge in [-0.05, 0) is 86.9 Å². The summed E-state index contributed by atoms with van der Waals surface area (Å²) in [6.45, 7) is 4.31. The number of carbonyl (C=O) groups is 2. The summed E-state index contributed by atoms with van der Waals surface area (Å²) in [6.07, 6.45) is 8.96. The van der Waals surface area contributed by atoms with Crippen molar-refractivity contribution in [1.29, 1.82) is 0 Å². The van der Waals surface area contributed by atoms with Crippen LogP contribution in [-0.2, 0) is 9.59 Å². The Labute approximate surface area is 144 Å². The number of fused-ring (bicyclic) bond motifs is 3. The molecule has 4 rings (SSSR count). The standard InChI is InChI=1S/C20H30O4/c1-18-7-3-8-19(2,17(23)24)14(18)6-9-20-10-12(4-5-15(18)20)13(11-20)16(21)22/h12-15H,3-11H2,1-2H3,(H,21,22)(H,23,24)/t12-,13+,14+,15+,18-,19+,20+/m0/s1. The largest absolute Gasteiger partial charge is 0.481 e. The molecule has 0 aliphatic heterocycles. The first-order chi connectivity index (χ1) is 11.2. The van der Waals surface area contributed by atoms with Gasteiger partial charge in [-0.2, -0.15) is 0 Å². The zero-order valence-electron chi connectivity index (χ0n) is 14.9. The summed E-state index contributed by atoms with van der Waals surface area (Å²) < 4.78 is 0. The van der Waals surface area contributed by atoms with Gasteiger partial charge in [0.2, 0.25) is 0 Å². The Morgan fingerprint density at radius 3 is 2.33 bits per heavy atom. The van der Waals surface area contributed by atoms with Gasteiger partial charge in [0.15, 0.2) is 0 Å². The summed E-state index contributed by atoms with van der Waals surface area (Å²) in [4.78, 5) is 23.7. The summed E-state index contributed by atoms with van der Waals surface area (Å²) in [5.74, 6) is -0.282. The Bertz CT molecular complexity index is 586. The number of hydrogen-bond donors (Lipinski definition) is 2. The fourth-order valence-corrected chi connectivity index (χ4v) is 7.99. The van der Waals surface area contributed by atoms with Crippen LogP contribution in [0.1, 0.15) is 71.6 Å². The van der Waals surface area contributed by atoms with E-state index in [1.165, 1.54) is 0 Å². The Morgan fingerprint density at radius 1 is 0.917 bits per heavy atom. The molecule has 0 aromatic heterocycles. The van der Waals surface area contributed by atoms with Crippen molar-refractivity contribution in [1.82, 2.24) is 0 Å². The second-order valence-corrected chi connectivity index (χ2v) is 9.78. The summed E-state index contributed by atoms with van der Waals surface area (Å²) in [5.41, 5.74) is -0.355. The van der Waals surface area contributed by atoms with Gasteiger partial charge >= 0.3 is 11.9 Å². The molecular weight excluding hydrogens is 304 g/mol. The van der Waals surface area contributed by atoms with Crippen LogP contribution in [0.3, 0.4) is 0 Å². The van der Waals surface area contributed by atoms with Crippen molar-refractivity contribution in [2.75, 3.05) is 0 Å². The number of aliphatic carboxylic acids is 2. The number of carboxylic acids is 2. The molecule has 4 aliphatic carbocycles. The molecule has 134 valence electrons. The van der Waals surface area contributed by atoms with Gasteiger partial charge in [-0.1, -0.05) is 13.3 Å². The molecule has 0 unspecified atom stereocenters. The minimum atomic E-state index is -0.627. The highest BCUT2D eigenvalue weighted by molar-refractivity contribution is 5.75. The van der Waals surface area contributed by atoms with Gasteiger partial charge in [-0.15, -0.1) is 0 Å². The lowest BCUT2D eigenvalue weighted by atomic mass is 9.41. The normalized spacial score (nSPS) is 53.1. The van der Waals surface area contributed by atoms with Gasteiger partial charge in [-0.25, -0.2) is 0 Å². The summed E-state index contributed by atoms with van der Waals surface area (Å²) in [5, 5.41) is 19.5. The Hall–Kier alpha value is -1.06. The lowest BCUT2D eigenvalue weighted by molar-refractivity contribution is -0.181. The van der Waals surface area contributed by atoms with Gasteiger partial charge < -0.3 is 10.2 Å². The first-order valence-electron chi connectivity index (χ1n) is 9.69. The second-order valence-electron chi connectivity index (χ2n) is 9.78. The maximum Gasteiger partial charge on any atom is 0.309 e. The summed E-state index contributed by atoms with van der Waals surface area (Å²) in [7, 11) is 0. The van der Waals surface area contributed by atoms with Crippen LogP contribution in [0.4, 0.5) is 0 Å². The van der Waals surface area contributed by atoms with Crippen molar-refractivity contribution in [2.24, 2.45) is 39.9 Å². The van der Waals surface area contributed by atoms with Crippen LogP contribution in [-0.4, -0.2) is 22.2 Å². The molecule has 4 nitrogen and oxygen atoms in total. The number of carboxylic acid groups (broad SMARTS) is 2. The van der Waals surface area contributed by atoms with Gasteiger partial charge in [-0.3, -0.25) is 9.59 Å². The fourth-order valence-electron chi connectivity index (χ4n) is 7.99. The van der Waals surface area contributed by atoms with E-state index in [1.54, 1.807) is 0 Å². The van der Waals surface area contributed by atoms with Crippen LogP contribution < -0.4 is 0 Å². The molecule has 1 spiro atoms. The van der Waals surface area contributed by atoms with E-state index in [4.69, 9.17) is 0 Å². The highest BCUT2D eigenvalue weighted by atomic mass is 16.4. The molecule has 7 atom stereocenters. The van der Waals surface area contributed by atoms with Crippen molar-refractivity contribution in [2.45, 2.75) is 71.6 Å². The molecule has 0 saturated heterocycles. The van der Waals surface area contributed by atoms with Crippen molar-refractivity contribution < 1.29 is 19.8 Å². The van der Waals surface area contributed by atoms with E-state index < -0.39 is 17.4 Å². The molecular formula is C20H30O4. The van der Waals surface area contributed by atoms with Gasteiger partial charge in [0.1, 0.15) is 0 Å². The molecule has 4 fully saturated rings. The third-order valence-corrected chi connectivity index (χ3v) is 8.94. The lowest BCUT2D eigenvalue weighted by Gasteiger charge is -2.63. The lowest BCUT2D eigenvalue weighted by Crippen LogP contribution is -2.58. The minimum Gasteiger partial charge on any atom is -0.481 e. The third kappa shape index (κ3) is 1.91. The first kappa shape index (κ1) is 16.4. The van der Waals surface area contributed by atoms with Crippen molar-refractivity contribution in [3.8, 4) is 0 Å². The Kier molecular flexibility index (Phi) is 3.41. The third-order valence-electron chi connectivity index (χ3n) is 8.94. The maximum atomic E-state index is 12.1. The monoisotopic (exact) mass is 334 g/mol. The fraction of sp³-hybridized carbons (Fsp3) is 0.900. The summed E-state index contributed by atoms with van der Waals surface area (Å²) >= 11 is 0. The summed E-state index contributed by atoms with van der Waals surface area (Å²) in [6, 6.07) is 0. The van der Waals surface area contributed by atoms with E-state index in [0.717, 1.165) is 57.8 Å². The second kappa shape index (κ2) is 4.98. The molecule has 0 radical (unpaired) electrons. The zero-order valence-corrected chi connectivity index (χ0v) is 14.9. The topological polar surface area (TPSA) is 74.6 Å². The van der Waals surface area contributed by atoms with Gasteiger partial charge in [0.05, 0.1) is 11.3 Å². The highest BCUT2D eigenvalue weighted by Gasteiger charge is 2.66. The van der Waals surface area contributed by atoms with E-state index in [9.17, 15) is 19.8 Å². The number of rotatable bonds is 2. The van der Waals surface area contributed by atoms with Crippen molar-refractivity contribution in [3.05, 3.63) is 0 Å². The average Bonchev–Trinajstić information content (AvgIpc) is 2.78. The van der Waals surface area contributed by atoms with E-state index in [2.05, 4.69) is 6.92 Å². The Morgan fingerprint density at radius 2 is 1.67 bits per heavy atom. The molecule has 4 heteroatoms. The Balaban J connectivity index is 1.71. The molecule has 4 saturated carbocycles. The molecule has 24 heavy (non-hydrogen) atoms. The van der Waals surface area contributed by atoms with Crippen molar-refractivity contribution >= 4 is 11.9 Å². The first-order valence-corrected chi connectivity index (χ1v) is 9.69. The molecule has 2 N–H and O–H groups in total. The van der Waals surface area contributed by atoms with Crippen LogP contribution in [0, 0.1) is 39.9 Å². The maximum absolute atomic E-state index is 12.1. The SMILES string of the molecule is C[C@]12CCC[C@@](C)(C(=O)O)[C@@H]1CC[C@]13C[C@H](CC[C@@H]12)[C@H](C(=O)O)C3. The van der Waals surface area contributed by atoms with Crippen LogP contribution >= 0.6 is 0 Å². The molecule has 4 aliphatic rings. The van der Waals surface area contributed by atoms with Crippen LogP contribution in [0.5, 0.6) is 0 Å². The molecule has 0 heterocycles. The van der Waals surface area contributed by atoms with Gasteiger partial charge in [0.25, 0.3) is 0 Å². The number of hydrogen-bond acceptors (Lipinski definition) is 2. The highest BCUT2D eigenvalue weighted by Crippen LogP contribution is 2.72. The minimum absolute atomic E-state index is 0.0714. The molecule has 0 aromatic carbocycles. The quantitative estimate of drug-likeness (QED) is 0.794. The zero-order chi connectivity index (χ0) is 17.3. The van der Waals surface area contributed by atoms with Crippen LogP contribution in [0.2, 0.25) is 0 Å². The van der Waals surface area contributed by atoms with Crippen LogP contribution in [0.15, 0.2) is 0 Å².